The van der Waals surface area contributed by atoms with Crippen molar-refractivity contribution in [1.29, 1.82) is 0 Å². The summed E-state index contributed by atoms with van der Waals surface area (Å²) in [4.78, 5) is 25.4. The molecule has 0 aliphatic rings. The molecule has 0 radical (unpaired) electrons. The van der Waals surface area contributed by atoms with Crippen molar-refractivity contribution in [2.45, 2.75) is 13.8 Å². The fraction of sp³-hybridized carbons (Fsp3) is 0.167. The van der Waals surface area contributed by atoms with E-state index in [1.807, 2.05) is 19.9 Å². The van der Waals surface area contributed by atoms with Gasteiger partial charge in [0, 0.05) is 5.69 Å². The van der Waals surface area contributed by atoms with Gasteiger partial charge in [0.15, 0.2) is 0 Å². The van der Waals surface area contributed by atoms with E-state index in [2.05, 4.69) is 10.6 Å². The van der Waals surface area contributed by atoms with E-state index >= 15 is 0 Å². The minimum atomic E-state index is -0.448. The summed E-state index contributed by atoms with van der Waals surface area (Å²) in [5, 5.41) is 15.6. The summed E-state index contributed by atoms with van der Waals surface area (Å²) in [6, 6.07) is 14.9. The SMILES string of the molecule is COc1cc(C)ccc1C(=O)Nc1ccc(O)c(NC(=O)c2ccc(C)cc2OC)c1. The van der Waals surface area contributed by atoms with Crippen molar-refractivity contribution in [2.75, 3.05) is 24.9 Å². The number of carbonyl (C=O) groups excluding carboxylic acids is 2. The predicted octanol–water partition coefficient (Wildman–Crippen LogP) is 4.53. The third kappa shape index (κ3) is 4.95. The largest absolute Gasteiger partial charge is 0.506 e. The minimum absolute atomic E-state index is 0.134. The molecular weight excluding hydrogens is 396 g/mol. The Balaban J connectivity index is 1.82. The first-order valence-corrected chi connectivity index (χ1v) is 9.57. The van der Waals surface area contributed by atoms with Gasteiger partial charge in [-0.05, 0) is 67.4 Å². The van der Waals surface area contributed by atoms with Gasteiger partial charge >= 0.3 is 0 Å². The van der Waals surface area contributed by atoms with Crippen molar-refractivity contribution in [3.8, 4) is 17.2 Å². The van der Waals surface area contributed by atoms with Crippen LogP contribution in [0.2, 0.25) is 0 Å². The van der Waals surface area contributed by atoms with E-state index < -0.39 is 5.91 Å². The molecule has 0 saturated heterocycles. The van der Waals surface area contributed by atoms with Crippen LogP contribution in [0.25, 0.3) is 0 Å². The molecule has 3 N–H and O–H groups in total. The Bertz CT molecular complexity index is 1140. The first-order chi connectivity index (χ1) is 14.8. The van der Waals surface area contributed by atoms with Gasteiger partial charge in [0.1, 0.15) is 17.2 Å². The van der Waals surface area contributed by atoms with Crippen molar-refractivity contribution in [3.63, 3.8) is 0 Å². The van der Waals surface area contributed by atoms with E-state index in [1.165, 1.54) is 32.4 Å². The summed E-state index contributed by atoms with van der Waals surface area (Å²) in [5.41, 5.74) is 3.17. The maximum atomic E-state index is 12.7. The molecule has 3 rings (SSSR count). The van der Waals surface area contributed by atoms with Crippen LogP contribution in [0.15, 0.2) is 54.6 Å². The van der Waals surface area contributed by atoms with Crippen LogP contribution in [0.5, 0.6) is 17.2 Å². The molecule has 2 amide bonds. The second kappa shape index (κ2) is 9.21. The molecule has 0 bridgehead atoms. The van der Waals surface area contributed by atoms with Crippen molar-refractivity contribution in [2.24, 2.45) is 0 Å². The monoisotopic (exact) mass is 420 g/mol. The number of amides is 2. The van der Waals surface area contributed by atoms with E-state index in [9.17, 15) is 14.7 Å². The van der Waals surface area contributed by atoms with Crippen LogP contribution in [0, 0.1) is 13.8 Å². The highest BCUT2D eigenvalue weighted by Crippen LogP contribution is 2.29. The molecule has 3 aromatic rings. The number of nitrogens with one attached hydrogen (secondary N) is 2. The van der Waals surface area contributed by atoms with Crippen LogP contribution in [0.4, 0.5) is 11.4 Å². The number of aryl methyl sites for hydroxylation is 2. The number of aromatic hydroxyl groups is 1. The number of hydrogen-bond donors (Lipinski definition) is 3. The van der Waals surface area contributed by atoms with Crippen LogP contribution < -0.4 is 20.1 Å². The number of hydrogen-bond acceptors (Lipinski definition) is 5. The maximum Gasteiger partial charge on any atom is 0.259 e. The van der Waals surface area contributed by atoms with Gasteiger partial charge in [-0.15, -0.1) is 0 Å². The Morgan fingerprint density at radius 1 is 0.742 bits per heavy atom. The number of methoxy groups -OCH3 is 2. The summed E-state index contributed by atoms with van der Waals surface area (Å²) in [6.45, 7) is 3.80. The Morgan fingerprint density at radius 2 is 1.26 bits per heavy atom. The number of benzene rings is 3. The second-order valence-corrected chi connectivity index (χ2v) is 7.05. The summed E-state index contributed by atoms with van der Waals surface area (Å²) in [7, 11) is 2.98. The highest BCUT2D eigenvalue weighted by molar-refractivity contribution is 6.09. The number of anilines is 2. The van der Waals surface area contributed by atoms with Crippen molar-refractivity contribution < 1.29 is 24.2 Å². The molecule has 160 valence electrons. The third-order valence-corrected chi connectivity index (χ3v) is 4.71. The standard InChI is InChI=1S/C24H24N2O5/c1-14-5-8-17(21(11-14)30-3)23(28)25-16-7-10-20(27)19(13-16)26-24(29)18-9-6-15(2)12-22(18)31-4/h5-13,27H,1-4H3,(H,25,28)(H,26,29). The maximum absolute atomic E-state index is 12.7. The third-order valence-electron chi connectivity index (χ3n) is 4.71. The van der Waals surface area contributed by atoms with Gasteiger partial charge in [-0.25, -0.2) is 0 Å². The van der Waals surface area contributed by atoms with E-state index in [1.54, 1.807) is 30.3 Å². The summed E-state index contributed by atoms with van der Waals surface area (Å²) in [5.74, 6) is -0.0784. The zero-order chi connectivity index (χ0) is 22.5. The van der Waals surface area contributed by atoms with Gasteiger partial charge in [-0.2, -0.15) is 0 Å². The lowest BCUT2D eigenvalue weighted by Crippen LogP contribution is -2.15. The molecule has 0 spiro atoms. The van der Waals surface area contributed by atoms with Crippen LogP contribution in [-0.4, -0.2) is 31.1 Å². The highest BCUT2D eigenvalue weighted by Gasteiger charge is 2.16. The lowest BCUT2D eigenvalue weighted by Gasteiger charge is -2.13. The molecule has 0 atom stereocenters. The van der Waals surface area contributed by atoms with Crippen LogP contribution in [0.1, 0.15) is 31.8 Å². The van der Waals surface area contributed by atoms with Crippen LogP contribution in [-0.2, 0) is 0 Å². The number of phenolic OH excluding ortho intramolecular Hbond substituents is 1. The quantitative estimate of drug-likeness (QED) is 0.402. The van der Waals surface area contributed by atoms with Crippen molar-refractivity contribution >= 4 is 23.2 Å². The highest BCUT2D eigenvalue weighted by atomic mass is 16.5. The van der Waals surface area contributed by atoms with E-state index in [0.29, 0.717) is 28.3 Å². The average molecular weight is 420 g/mol. The van der Waals surface area contributed by atoms with Gasteiger partial charge in [0.2, 0.25) is 0 Å². The van der Waals surface area contributed by atoms with Gasteiger partial charge in [0.25, 0.3) is 11.8 Å². The summed E-state index contributed by atoms with van der Waals surface area (Å²) < 4.78 is 10.6. The van der Waals surface area contributed by atoms with E-state index in [-0.39, 0.29) is 17.3 Å². The number of ether oxygens (including phenoxy) is 2. The summed E-state index contributed by atoms with van der Waals surface area (Å²) >= 11 is 0. The van der Waals surface area contributed by atoms with E-state index in [4.69, 9.17) is 9.47 Å². The molecule has 0 heterocycles. The van der Waals surface area contributed by atoms with Crippen molar-refractivity contribution in [1.82, 2.24) is 0 Å². The zero-order valence-corrected chi connectivity index (χ0v) is 17.8. The first-order valence-electron chi connectivity index (χ1n) is 9.57. The molecular formula is C24H24N2O5. The van der Waals surface area contributed by atoms with Crippen LogP contribution in [0.3, 0.4) is 0 Å². The number of rotatable bonds is 6. The van der Waals surface area contributed by atoms with Crippen molar-refractivity contribution in [3.05, 3.63) is 76.9 Å². The van der Waals surface area contributed by atoms with Gasteiger partial charge < -0.3 is 25.2 Å². The summed E-state index contributed by atoms with van der Waals surface area (Å²) in [6.07, 6.45) is 0. The Morgan fingerprint density at radius 3 is 1.77 bits per heavy atom. The lowest BCUT2D eigenvalue weighted by molar-refractivity contribution is 0.101. The topological polar surface area (TPSA) is 96.9 Å². The normalized spacial score (nSPS) is 10.3. The fourth-order valence-electron chi connectivity index (χ4n) is 3.07. The molecule has 0 fully saturated rings. The Kier molecular flexibility index (Phi) is 6.45. The minimum Gasteiger partial charge on any atom is -0.506 e. The number of phenols is 1. The molecule has 7 nitrogen and oxygen atoms in total. The molecule has 0 saturated carbocycles. The van der Waals surface area contributed by atoms with Gasteiger partial charge in [-0.1, -0.05) is 12.1 Å². The molecule has 0 aliphatic carbocycles. The van der Waals surface area contributed by atoms with Gasteiger partial charge in [-0.3, -0.25) is 9.59 Å². The molecule has 0 unspecified atom stereocenters. The molecule has 7 heteroatoms. The Hall–Kier alpha value is -4.00. The lowest BCUT2D eigenvalue weighted by atomic mass is 10.1. The fourth-order valence-corrected chi connectivity index (χ4v) is 3.07. The first kappa shape index (κ1) is 21.7. The predicted molar refractivity (Wildman–Crippen MR) is 119 cm³/mol. The van der Waals surface area contributed by atoms with E-state index in [0.717, 1.165) is 11.1 Å². The molecule has 0 aromatic heterocycles. The zero-order valence-electron chi connectivity index (χ0n) is 17.8. The van der Waals surface area contributed by atoms with Crippen LogP contribution >= 0.6 is 0 Å². The number of carbonyl (C=O) groups is 2. The molecule has 3 aromatic carbocycles. The average Bonchev–Trinajstić information content (AvgIpc) is 2.75. The van der Waals surface area contributed by atoms with Gasteiger partial charge in [0.05, 0.1) is 31.0 Å². The second-order valence-electron chi connectivity index (χ2n) is 7.05. The Labute approximate surface area is 180 Å². The molecule has 31 heavy (non-hydrogen) atoms. The smallest absolute Gasteiger partial charge is 0.259 e. The molecule has 0 aliphatic heterocycles.